The highest BCUT2D eigenvalue weighted by Crippen LogP contribution is 2.37. The number of hydrogen-bond donors (Lipinski definition) is 1. The van der Waals surface area contributed by atoms with Gasteiger partial charge in [0, 0.05) is 22.1 Å². The summed E-state index contributed by atoms with van der Waals surface area (Å²) in [4.78, 5) is 14.3. The van der Waals surface area contributed by atoms with Crippen molar-refractivity contribution in [2.75, 3.05) is 21.3 Å². The van der Waals surface area contributed by atoms with Crippen LogP contribution < -0.4 is 25.1 Å². The fraction of sp³-hybridized carbons (Fsp3) is 0.222. The van der Waals surface area contributed by atoms with Crippen molar-refractivity contribution in [2.24, 2.45) is 0 Å². The first-order valence-corrected chi connectivity index (χ1v) is 10.8. The Morgan fingerprint density at radius 3 is 2.42 bits per heavy atom. The van der Waals surface area contributed by atoms with Crippen LogP contribution in [0.15, 0.2) is 69.9 Å². The average molecular weight is 446 g/mol. The summed E-state index contributed by atoms with van der Waals surface area (Å²) in [5.41, 5.74) is 3.23. The number of benzene rings is 3. The van der Waals surface area contributed by atoms with Crippen LogP contribution in [0.2, 0.25) is 0 Å². The molecular weight excluding hydrogens is 418 g/mol. The lowest BCUT2D eigenvalue weighted by Crippen LogP contribution is -3.06. The van der Waals surface area contributed by atoms with Gasteiger partial charge in [0.15, 0.2) is 0 Å². The number of aryl methyl sites for hydroxylation is 1. The average Bonchev–Trinajstić information content (AvgIpc) is 2.81. The van der Waals surface area contributed by atoms with E-state index in [0.717, 1.165) is 22.4 Å². The van der Waals surface area contributed by atoms with E-state index in [1.807, 2.05) is 32.2 Å². The lowest BCUT2D eigenvalue weighted by atomic mass is 9.97. The third-order valence-electron chi connectivity index (χ3n) is 5.90. The molecule has 1 aromatic heterocycles. The Morgan fingerprint density at radius 1 is 0.970 bits per heavy atom. The fourth-order valence-electron chi connectivity index (χ4n) is 4.25. The first kappa shape index (κ1) is 22.4. The summed E-state index contributed by atoms with van der Waals surface area (Å²) >= 11 is 0. The second-order valence-corrected chi connectivity index (χ2v) is 8.17. The second-order valence-electron chi connectivity index (χ2n) is 8.17. The van der Waals surface area contributed by atoms with Gasteiger partial charge in [-0.3, -0.25) is 0 Å². The van der Waals surface area contributed by atoms with Crippen molar-refractivity contribution in [3.63, 3.8) is 0 Å². The molecule has 0 saturated heterocycles. The Bertz CT molecular complexity index is 1340. The van der Waals surface area contributed by atoms with E-state index in [4.69, 9.17) is 13.9 Å². The van der Waals surface area contributed by atoms with Crippen molar-refractivity contribution in [1.82, 2.24) is 0 Å². The van der Waals surface area contributed by atoms with Gasteiger partial charge in [0.05, 0.1) is 26.8 Å². The van der Waals surface area contributed by atoms with Crippen LogP contribution >= 0.6 is 0 Å². The molecule has 170 valence electrons. The normalized spacial score (nSPS) is 12.0. The molecule has 6 nitrogen and oxygen atoms in total. The molecule has 1 atom stereocenters. The summed E-state index contributed by atoms with van der Waals surface area (Å²) in [6.45, 7) is 3.05. The molecule has 0 radical (unpaired) electrons. The van der Waals surface area contributed by atoms with Gasteiger partial charge in [-0.25, -0.2) is 4.79 Å². The van der Waals surface area contributed by atoms with E-state index >= 15 is 0 Å². The van der Waals surface area contributed by atoms with Gasteiger partial charge in [0.1, 0.15) is 30.2 Å². The quantitative estimate of drug-likeness (QED) is 0.443. The Morgan fingerprint density at radius 2 is 1.73 bits per heavy atom. The van der Waals surface area contributed by atoms with Crippen molar-refractivity contribution >= 4 is 11.0 Å². The monoisotopic (exact) mass is 445 g/mol. The number of fused-ring (bicyclic) bond motifs is 1. The Balaban J connectivity index is 1.81. The third-order valence-corrected chi connectivity index (χ3v) is 5.90. The molecule has 0 aliphatic heterocycles. The third kappa shape index (κ3) is 4.43. The molecule has 0 saturated carbocycles. The highest BCUT2D eigenvalue weighted by atomic mass is 16.5. The van der Waals surface area contributed by atoms with Crippen LogP contribution in [0.4, 0.5) is 0 Å². The Kier molecular flexibility index (Phi) is 6.38. The lowest BCUT2D eigenvalue weighted by Gasteiger charge is -2.21. The molecule has 0 bridgehead atoms. The van der Waals surface area contributed by atoms with Gasteiger partial charge >= 0.3 is 5.63 Å². The summed E-state index contributed by atoms with van der Waals surface area (Å²) in [7, 11) is 5.14. The topological polar surface area (TPSA) is 76.2 Å². The molecule has 6 heteroatoms. The fourth-order valence-corrected chi connectivity index (χ4v) is 4.25. The molecule has 4 aromatic rings. The van der Waals surface area contributed by atoms with Crippen LogP contribution in [0.3, 0.4) is 0 Å². The number of nitrogens with one attached hydrogen (secondary N) is 1. The van der Waals surface area contributed by atoms with Crippen LogP contribution in [-0.4, -0.2) is 21.3 Å². The smallest absolute Gasteiger partial charge is 0.344 e. The molecule has 1 N–H and O–H groups in total. The second kappa shape index (κ2) is 9.38. The Hall–Kier alpha value is -3.77. The Labute approximate surface area is 192 Å². The molecule has 3 aromatic carbocycles. The SMILES string of the molecule is COc1ccc(OC)c(-c2c(C)c3ccc([O-])c(C[NH+](C)Cc4ccccc4)c3oc2=O)c1. The van der Waals surface area contributed by atoms with E-state index in [0.29, 0.717) is 40.3 Å². The lowest BCUT2D eigenvalue weighted by molar-refractivity contribution is -0.907. The predicted octanol–water partition coefficient (Wildman–Crippen LogP) is 3.07. The highest BCUT2D eigenvalue weighted by molar-refractivity contribution is 5.90. The molecule has 0 amide bonds. The van der Waals surface area contributed by atoms with Crippen molar-refractivity contribution in [3.8, 4) is 28.4 Å². The van der Waals surface area contributed by atoms with Crippen molar-refractivity contribution in [2.45, 2.75) is 20.0 Å². The number of quaternary nitrogens is 1. The summed E-state index contributed by atoms with van der Waals surface area (Å²) in [5.74, 6) is 1.01. The molecule has 1 heterocycles. The minimum Gasteiger partial charge on any atom is -0.872 e. The van der Waals surface area contributed by atoms with Crippen molar-refractivity contribution < 1.29 is 23.9 Å². The molecular formula is C27H27NO5. The molecule has 33 heavy (non-hydrogen) atoms. The van der Waals surface area contributed by atoms with Crippen LogP contribution in [0, 0.1) is 6.92 Å². The van der Waals surface area contributed by atoms with Crippen molar-refractivity contribution in [3.05, 3.63) is 87.8 Å². The maximum absolute atomic E-state index is 13.2. The van der Waals surface area contributed by atoms with Crippen LogP contribution in [0.5, 0.6) is 17.2 Å². The molecule has 0 spiro atoms. The van der Waals surface area contributed by atoms with Gasteiger partial charge in [-0.1, -0.05) is 48.2 Å². The highest BCUT2D eigenvalue weighted by Gasteiger charge is 2.20. The maximum atomic E-state index is 13.2. The van der Waals surface area contributed by atoms with E-state index in [1.54, 1.807) is 44.6 Å². The number of rotatable bonds is 7. The van der Waals surface area contributed by atoms with E-state index in [1.165, 1.54) is 5.56 Å². The zero-order valence-electron chi connectivity index (χ0n) is 19.2. The van der Waals surface area contributed by atoms with Crippen molar-refractivity contribution in [1.29, 1.82) is 0 Å². The van der Waals surface area contributed by atoms with Gasteiger partial charge in [-0.15, -0.1) is 0 Å². The summed E-state index contributed by atoms with van der Waals surface area (Å²) in [6, 6.07) is 18.6. The van der Waals surface area contributed by atoms with E-state index < -0.39 is 5.63 Å². The maximum Gasteiger partial charge on any atom is 0.344 e. The molecule has 0 fully saturated rings. The van der Waals surface area contributed by atoms with Crippen LogP contribution in [0.25, 0.3) is 22.1 Å². The minimum atomic E-state index is -0.515. The number of hydrogen-bond acceptors (Lipinski definition) is 5. The minimum absolute atomic E-state index is 0.135. The van der Waals surface area contributed by atoms with E-state index in [2.05, 4.69) is 12.1 Å². The van der Waals surface area contributed by atoms with Gasteiger partial charge < -0.3 is 23.9 Å². The van der Waals surface area contributed by atoms with Gasteiger partial charge in [0.25, 0.3) is 0 Å². The van der Waals surface area contributed by atoms with E-state index in [9.17, 15) is 9.90 Å². The van der Waals surface area contributed by atoms with Crippen LogP contribution in [0.1, 0.15) is 16.7 Å². The zero-order chi connectivity index (χ0) is 23.5. The molecule has 0 aliphatic rings. The van der Waals surface area contributed by atoms with Crippen LogP contribution in [-0.2, 0) is 13.1 Å². The standard InChI is InChI=1S/C27H27NO5/c1-17-20-11-12-23(29)22(16-28(2)15-18-8-6-5-7-9-18)26(20)33-27(30)25(17)21-14-19(31-3)10-13-24(21)32-4/h5-14,29H,15-16H2,1-4H3. The largest absolute Gasteiger partial charge is 0.872 e. The number of ether oxygens (including phenoxy) is 2. The van der Waals surface area contributed by atoms with E-state index in [-0.39, 0.29) is 5.75 Å². The first-order chi connectivity index (χ1) is 15.9. The first-order valence-electron chi connectivity index (χ1n) is 10.8. The number of methoxy groups -OCH3 is 2. The summed E-state index contributed by atoms with van der Waals surface area (Å²) < 4.78 is 16.6. The summed E-state index contributed by atoms with van der Waals surface area (Å²) in [6.07, 6.45) is 0. The zero-order valence-corrected chi connectivity index (χ0v) is 19.2. The molecule has 4 rings (SSSR count). The van der Waals surface area contributed by atoms with Gasteiger partial charge in [-0.2, -0.15) is 0 Å². The predicted molar refractivity (Wildman–Crippen MR) is 126 cm³/mol. The van der Waals surface area contributed by atoms with Gasteiger partial charge in [-0.05, 0) is 30.7 Å². The molecule has 0 aliphatic carbocycles. The summed E-state index contributed by atoms with van der Waals surface area (Å²) in [5, 5.41) is 13.5. The van der Waals surface area contributed by atoms with Gasteiger partial charge in [0.2, 0.25) is 0 Å². The molecule has 1 unspecified atom stereocenters.